The molecule has 1 fully saturated rings. The Morgan fingerprint density at radius 3 is 2.41 bits per heavy atom. The molecule has 0 spiro atoms. The van der Waals surface area contributed by atoms with E-state index < -0.39 is 5.82 Å². The minimum atomic E-state index is -0.443. The van der Waals surface area contributed by atoms with E-state index in [1.165, 1.54) is 18.6 Å². The average Bonchev–Trinajstić information content (AvgIpc) is 3.28. The van der Waals surface area contributed by atoms with Crippen LogP contribution in [0.5, 0.6) is 0 Å². The molecule has 1 aliphatic rings. The van der Waals surface area contributed by atoms with E-state index in [0.717, 1.165) is 19.4 Å². The van der Waals surface area contributed by atoms with Gasteiger partial charge in [-0.15, -0.1) is 0 Å². The average molecular weight is 297 g/mol. The number of carbonyl (C=O) groups is 1. The molecule has 2 nitrogen and oxygen atoms in total. The van der Waals surface area contributed by atoms with Gasteiger partial charge in [-0.25, -0.2) is 4.39 Å². The van der Waals surface area contributed by atoms with Gasteiger partial charge in [0.05, 0.1) is 11.3 Å². The minimum Gasteiger partial charge on any atom is -0.373 e. The van der Waals surface area contributed by atoms with Crippen LogP contribution in [0.25, 0.3) is 0 Å². The Morgan fingerprint density at radius 2 is 1.82 bits per heavy atom. The molecule has 3 heteroatoms. The van der Waals surface area contributed by atoms with Crippen LogP contribution in [-0.4, -0.2) is 19.4 Å². The molecule has 22 heavy (non-hydrogen) atoms. The zero-order chi connectivity index (χ0) is 15.7. The first kappa shape index (κ1) is 14.8. The van der Waals surface area contributed by atoms with Crippen molar-refractivity contribution >= 4 is 11.5 Å². The van der Waals surface area contributed by atoms with Gasteiger partial charge in [0, 0.05) is 19.0 Å². The van der Waals surface area contributed by atoms with E-state index in [4.69, 9.17) is 0 Å². The van der Waals surface area contributed by atoms with Gasteiger partial charge in [0.15, 0.2) is 5.78 Å². The smallest absolute Gasteiger partial charge is 0.164 e. The van der Waals surface area contributed by atoms with E-state index in [9.17, 15) is 9.18 Å². The topological polar surface area (TPSA) is 20.3 Å². The molecular weight excluding hydrogens is 277 g/mol. The first-order valence-electron chi connectivity index (χ1n) is 7.60. The van der Waals surface area contributed by atoms with Gasteiger partial charge >= 0.3 is 0 Å². The molecule has 1 saturated carbocycles. The third-order valence-electron chi connectivity index (χ3n) is 4.53. The summed E-state index contributed by atoms with van der Waals surface area (Å²) in [6.07, 6.45) is 2.26. The molecule has 0 aromatic heterocycles. The molecule has 0 amide bonds. The zero-order valence-electron chi connectivity index (χ0n) is 13.0. The molecule has 114 valence electrons. The number of Topliss-reactive ketones (excluding diaryl/α,β-unsaturated/α-hetero) is 1. The Morgan fingerprint density at radius 1 is 1.14 bits per heavy atom. The summed E-state index contributed by atoms with van der Waals surface area (Å²) in [5.74, 6) is -0.675. The van der Waals surface area contributed by atoms with Crippen molar-refractivity contribution in [3.63, 3.8) is 0 Å². The van der Waals surface area contributed by atoms with Crippen molar-refractivity contribution in [3.05, 3.63) is 65.5 Å². The summed E-state index contributed by atoms with van der Waals surface area (Å²) >= 11 is 0. The van der Waals surface area contributed by atoms with Crippen molar-refractivity contribution in [3.8, 4) is 0 Å². The number of anilines is 1. The highest BCUT2D eigenvalue weighted by Gasteiger charge is 2.45. The Kier molecular flexibility index (Phi) is 3.73. The fourth-order valence-corrected chi connectivity index (χ4v) is 3.20. The van der Waals surface area contributed by atoms with E-state index in [1.54, 1.807) is 6.07 Å². The number of hydrogen-bond donors (Lipinski definition) is 0. The van der Waals surface area contributed by atoms with Crippen LogP contribution in [0.15, 0.2) is 48.5 Å². The molecule has 0 bridgehead atoms. The summed E-state index contributed by atoms with van der Waals surface area (Å²) in [6, 6.07) is 15.3. The molecule has 0 aliphatic heterocycles. The van der Waals surface area contributed by atoms with Crippen LogP contribution in [-0.2, 0) is 5.41 Å². The molecule has 0 atom stereocenters. The van der Waals surface area contributed by atoms with Crippen molar-refractivity contribution in [2.45, 2.75) is 25.2 Å². The number of carbonyl (C=O) groups excluding carboxylic acids is 1. The first-order chi connectivity index (χ1) is 10.5. The van der Waals surface area contributed by atoms with Crippen LogP contribution in [0.2, 0.25) is 0 Å². The van der Waals surface area contributed by atoms with Crippen LogP contribution < -0.4 is 4.90 Å². The lowest BCUT2D eigenvalue weighted by molar-refractivity contribution is 0.101. The van der Waals surface area contributed by atoms with Gasteiger partial charge in [0.2, 0.25) is 0 Å². The monoisotopic (exact) mass is 297 g/mol. The van der Waals surface area contributed by atoms with Crippen LogP contribution in [0.4, 0.5) is 10.1 Å². The predicted molar refractivity (Wildman–Crippen MR) is 87.0 cm³/mol. The second-order valence-electron chi connectivity index (χ2n) is 6.19. The van der Waals surface area contributed by atoms with Crippen LogP contribution >= 0.6 is 0 Å². The van der Waals surface area contributed by atoms with Gasteiger partial charge in [-0.05, 0) is 37.5 Å². The van der Waals surface area contributed by atoms with Crippen LogP contribution in [0.3, 0.4) is 0 Å². The van der Waals surface area contributed by atoms with E-state index in [2.05, 4.69) is 24.3 Å². The van der Waals surface area contributed by atoms with Gasteiger partial charge < -0.3 is 4.90 Å². The number of halogens is 1. The molecule has 0 saturated heterocycles. The molecule has 3 rings (SSSR count). The lowest BCUT2D eigenvalue weighted by Crippen LogP contribution is -2.30. The van der Waals surface area contributed by atoms with Crippen molar-refractivity contribution in [2.24, 2.45) is 0 Å². The highest BCUT2D eigenvalue weighted by atomic mass is 19.1. The number of hydrogen-bond acceptors (Lipinski definition) is 2. The Labute approximate surface area is 130 Å². The van der Waals surface area contributed by atoms with E-state index in [0.29, 0.717) is 5.69 Å². The molecular formula is C19H20FNO. The molecule has 0 heterocycles. The number of likely N-dealkylation sites (N-methyl/N-ethyl adjacent to an activating group) is 1. The third kappa shape index (κ3) is 2.63. The zero-order valence-corrected chi connectivity index (χ0v) is 13.0. The maximum absolute atomic E-state index is 14.0. The predicted octanol–water partition coefficient (Wildman–Crippen LogP) is 4.20. The highest BCUT2D eigenvalue weighted by molar-refractivity contribution is 6.00. The molecule has 2 aromatic rings. The molecule has 2 aromatic carbocycles. The largest absolute Gasteiger partial charge is 0.373 e. The lowest BCUT2D eigenvalue weighted by Gasteiger charge is -2.27. The molecule has 0 radical (unpaired) electrons. The van der Waals surface area contributed by atoms with Crippen molar-refractivity contribution in [1.29, 1.82) is 0 Å². The Bertz CT molecular complexity index is 692. The standard InChI is InChI=1S/C19H20FNO/c1-14(22)18-16(20)9-6-10-17(18)21(2)13-19(11-12-19)15-7-4-3-5-8-15/h3-10H,11-13H2,1-2H3. The third-order valence-corrected chi connectivity index (χ3v) is 4.53. The van der Waals surface area contributed by atoms with E-state index in [1.807, 2.05) is 24.1 Å². The van der Waals surface area contributed by atoms with E-state index in [-0.39, 0.29) is 16.8 Å². The normalized spacial score (nSPS) is 15.4. The van der Waals surface area contributed by atoms with Crippen molar-refractivity contribution in [2.75, 3.05) is 18.5 Å². The maximum atomic E-state index is 14.0. The van der Waals surface area contributed by atoms with Gasteiger partial charge in [0.25, 0.3) is 0 Å². The molecule has 1 aliphatic carbocycles. The maximum Gasteiger partial charge on any atom is 0.164 e. The van der Waals surface area contributed by atoms with Gasteiger partial charge in [-0.2, -0.15) is 0 Å². The second-order valence-corrected chi connectivity index (χ2v) is 6.19. The lowest BCUT2D eigenvalue weighted by atomic mass is 9.95. The summed E-state index contributed by atoms with van der Waals surface area (Å²) in [6.45, 7) is 2.21. The summed E-state index contributed by atoms with van der Waals surface area (Å²) in [4.78, 5) is 13.8. The van der Waals surface area contributed by atoms with Gasteiger partial charge in [-0.1, -0.05) is 36.4 Å². The van der Waals surface area contributed by atoms with Crippen LogP contribution in [0, 0.1) is 5.82 Å². The van der Waals surface area contributed by atoms with Crippen molar-refractivity contribution < 1.29 is 9.18 Å². The summed E-state index contributed by atoms with van der Waals surface area (Å²) < 4.78 is 14.0. The Hall–Kier alpha value is -2.16. The summed E-state index contributed by atoms with van der Waals surface area (Å²) in [5, 5.41) is 0. The van der Waals surface area contributed by atoms with Crippen LogP contribution in [0.1, 0.15) is 35.7 Å². The van der Waals surface area contributed by atoms with Crippen molar-refractivity contribution in [1.82, 2.24) is 0 Å². The SMILES string of the molecule is CC(=O)c1c(F)cccc1N(C)CC1(c2ccccc2)CC1. The summed E-state index contributed by atoms with van der Waals surface area (Å²) in [5.41, 5.74) is 2.32. The number of ketones is 1. The molecule has 0 unspecified atom stereocenters. The highest BCUT2D eigenvalue weighted by Crippen LogP contribution is 2.49. The van der Waals surface area contributed by atoms with Gasteiger partial charge in [0.1, 0.15) is 5.82 Å². The molecule has 0 N–H and O–H groups in total. The van der Waals surface area contributed by atoms with Gasteiger partial charge in [-0.3, -0.25) is 4.79 Å². The minimum absolute atomic E-state index is 0.135. The number of nitrogens with zero attached hydrogens (tertiary/aromatic N) is 1. The fourth-order valence-electron chi connectivity index (χ4n) is 3.20. The summed E-state index contributed by atoms with van der Waals surface area (Å²) in [7, 11) is 1.93. The number of rotatable bonds is 5. The fraction of sp³-hybridized carbons (Fsp3) is 0.316. The number of benzene rings is 2. The van der Waals surface area contributed by atoms with E-state index >= 15 is 0 Å². The first-order valence-corrected chi connectivity index (χ1v) is 7.60. The second kappa shape index (κ2) is 5.56. The quantitative estimate of drug-likeness (QED) is 0.771. The Balaban J connectivity index is 1.89.